The number of ketones is 1. The second-order valence-electron chi connectivity index (χ2n) is 10.4. The Hall–Kier alpha value is -3.69. The van der Waals surface area contributed by atoms with Gasteiger partial charge in [0.1, 0.15) is 17.6 Å². The van der Waals surface area contributed by atoms with Gasteiger partial charge in [0.05, 0.1) is 18.8 Å². The molecule has 2 aromatic rings. The molecule has 1 spiro atoms. The van der Waals surface area contributed by atoms with Crippen LogP contribution >= 0.6 is 0 Å². The highest BCUT2D eigenvalue weighted by Gasteiger charge is 2.66. The first-order valence-corrected chi connectivity index (χ1v) is 13.1. The van der Waals surface area contributed by atoms with Crippen LogP contribution in [0.5, 0.6) is 5.75 Å². The van der Waals surface area contributed by atoms with Gasteiger partial charge in [-0.25, -0.2) is 0 Å². The van der Waals surface area contributed by atoms with Crippen LogP contribution in [0.3, 0.4) is 0 Å². The van der Waals surface area contributed by atoms with Crippen molar-refractivity contribution in [1.82, 2.24) is 9.80 Å². The molecule has 9 heteroatoms. The van der Waals surface area contributed by atoms with Crippen LogP contribution in [0.25, 0.3) is 5.76 Å². The van der Waals surface area contributed by atoms with Crippen LogP contribution in [0.1, 0.15) is 30.0 Å². The Morgan fingerprint density at radius 2 is 1.84 bits per heavy atom. The van der Waals surface area contributed by atoms with E-state index in [1.165, 1.54) is 9.80 Å². The van der Waals surface area contributed by atoms with Gasteiger partial charge in [-0.2, -0.15) is 0 Å². The van der Waals surface area contributed by atoms with Crippen molar-refractivity contribution < 1.29 is 29.0 Å². The molecule has 2 atom stereocenters. The van der Waals surface area contributed by atoms with Gasteiger partial charge in [-0.05, 0) is 43.2 Å². The van der Waals surface area contributed by atoms with Crippen molar-refractivity contribution in [2.75, 3.05) is 51.3 Å². The highest BCUT2D eigenvalue weighted by atomic mass is 16.5. The van der Waals surface area contributed by atoms with Gasteiger partial charge >= 0.3 is 0 Å². The topological polar surface area (TPSA) is 99.6 Å². The molecule has 9 nitrogen and oxygen atoms in total. The quantitative estimate of drug-likeness (QED) is 0.369. The van der Waals surface area contributed by atoms with Gasteiger partial charge in [0.2, 0.25) is 0 Å². The normalized spacial score (nSPS) is 26.3. The molecule has 38 heavy (non-hydrogen) atoms. The van der Waals surface area contributed by atoms with Crippen LogP contribution < -0.4 is 9.64 Å². The number of anilines is 1. The number of likely N-dealkylation sites (tertiary alicyclic amines) is 1. The van der Waals surface area contributed by atoms with Gasteiger partial charge in [-0.15, -0.1) is 0 Å². The van der Waals surface area contributed by atoms with Gasteiger partial charge in [-0.3, -0.25) is 19.3 Å². The molecular formula is C29H31N3O6. The molecule has 2 fully saturated rings. The van der Waals surface area contributed by atoms with Crippen molar-refractivity contribution >= 4 is 29.0 Å². The van der Waals surface area contributed by atoms with E-state index >= 15 is 0 Å². The van der Waals surface area contributed by atoms with Crippen molar-refractivity contribution in [1.29, 1.82) is 0 Å². The molecular weight excluding hydrogens is 486 g/mol. The number of amides is 2. The average Bonchev–Trinajstić information content (AvgIpc) is 3.49. The molecule has 6 rings (SSSR count). The van der Waals surface area contributed by atoms with Crippen molar-refractivity contribution in [3.63, 3.8) is 0 Å². The molecule has 0 aromatic heterocycles. The van der Waals surface area contributed by atoms with Gasteiger partial charge in [-0.1, -0.05) is 18.2 Å². The lowest BCUT2D eigenvalue weighted by atomic mass is 9.81. The fourth-order valence-corrected chi connectivity index (χ4v) is 6.26. The molecule has 4 aliphatic heterocycles. The largest absolute Gasteiger partial charge is 0.507 e. The number of likely N-dealkylation sites (N-methyl/N-ethyl adjacent to an activating group) is 1. The Kier molecular flexibility index (Phi) is 6.00. The van der Waals surface area contributed by atoms with Crippen LogP contribution in [-0.4, -0.2) is 85.0 Å². The summed E-state index contributed by atoms with van der Waals surface area (Å²) in [5, 5.41) is 11.7. The number of benzene rings is 2. The summed E-state index contributed by atoms with van der Waals surface area (Å²) in [5.41, 5.74) is 0.523. The van der Waals surface area contributed by atoms with Gasteiger partial charge in [0.25, 0.3) is 17.6 Å². The molecule has 0 bridgehead atoms. The Morgan fingerprint density at radius 1 is 1.08 bits per heavy atom. The zero-order chi connectivity index (χ0) is 26.6. The van der Waals surface area contributed by atoms with Gasteiger partial charge < -0.3 is 24.4 Å². The molecule has 2 amide bonds. The van der Waals surface area contributed by atoms with Gasteiger partial charge in [0.15, 0.2) is 5.54 Å². The molecule has 4 aliphatic rings. The molecule has 4 heterocycles. The maximum atomic E-state index is 14.1. The highest BCUT2D eigenvalue weighted by Crippen LogP contribution is 2.53. The third-order valence-electron chi connectivity index (χ3n) is 8.07. The Morgan fingerprint density at radius 3 is 2.63 bits per heavy atom. The van der Waals surface area contributed by atoms with Crippen LogP contribution in [0.15, 0.2) is 48.0 Å². The minimum atomic E-state index is -1.72. The number of para-hydroxylation sites is 1. The first kappa shape index (κ1) is 24.6. The molecule has 2 aromatic carbocycles. The molecule has 0 radical (unpaired) electrons. The van der Waals surface area contributed by atoms with E-state index in [1.54, 1.807) is 43.4 Å². The zero-order valence-corrected chi connectivity index (χ0v) is 21.6. The van der Waals surface area contributed by atoms with E-state index in [9.17, 15) is 19.5 Å². The maximum Gasteiger partial charge on any atom is 0.296 e. The predicted molar refractivity (Wildman–Crippen MR) is 140 cm³/mol. The van der Waals surface area contributed by atoms with E-state index in [2.05, 4.69) is 4.90 Å². The third-order valence-corrected chi connectivity index (χ3v) is 8.07. The zero-order valence-electron chi connectivity index (χ0n) is 21.6. The second kappa shape index (κ2) is 9.25. The average molecular weight is 518 g/mol. The monoisotopic (exact) mass is 517 g/mol. The summed E-state index contributed by atoms with van der Waals surface area (Å²) in [5.74, 6) is -1.67. The summed E-state index contributed by atoms with van der Waals surface area (Å²) in [7, 11) is 1.64. The first-order chi connectivity index (χ1) is 18.3. The lowest BCUT2D eigenvalue weighted by molar-refractivity contribution is -0.143. The number of rotatable bonds is 5. The molecule has 0 saturated carbocycles. The Balaban J connectivity index is 1.46. The van der Waals surface area contributed by atoms with E-state index in [1.807, 2.05) is 13.0 Å². The number of hydrogen-bond donors (Lipinski definition) is 1. The SMILES string of the molecule is C[C@@H]1Cc2cc(C(O)=C3C(=O)C(=O)N(CCCN4CCOCC4)[C@@]34C(=O)N(C)c3ccccc34)ccc2O1. The summed E-state index contributed by atoms with van der Waals surface area (Å²) < 4.78 is 11.2. The second-order valence-corrected chi connectivity index (χ2v) is 10.4. The van der Waals surface area contributed by atoms with Crippen molar-refractivity contribution in [2.24, 2.45) is 0 Å². The first-order valence-electron chi connectivity index (χ1n) is 13.1. The van der Waals surface area contributed by atoms with Gasteiger partial charge in [0, 0.05) is 56.5 Å². The molecule has 198 valence electrons. The maximum absolute atomic E-state index is 14.1. The highest BCUT2D eigenvalue weighted by molar-refractivity contribution is 6.50. The number of hydrogen-bond acceptors (Lipinski definition) is 7. The number of carbonyl (C=O) groups is 3. The molecule has 0 aliphatic carbocycles. The number of Topliss-reactive ketones (excluding diaryl/α,β-unsaturated/α-hetero) is 1. The Labute approximate surface area is 221 Å². The number of morpholine rings is 1. The third kappa shape index (κ3) is 3.56. The lowest BCUT2D eigenvalue weighted by Crippen LogP contribution is -2.52. The number of fused-ring (bicyclic) bond motifs is 3. The molecule has 0 unspecified atom stereocenters. The summed E-state index contributed by atoms with van der Waals surface area (Å²) in [6.45, 7) is 5.79. The van der Waals surface area contributed by atoms with Crippen LogP contribution in [0, 0.1) is 0 Å². The number of ether oxygens (including phenoxy) is 2. The van der Waals surface area contributed by atoms with E-state index in [-0.39, 0.29) is 24.0 Å². The fourth-order valence-electron chi connectivity index (χ4n) is 6.26. The predicted octanol–water partition coefficient (Wildman–Crippen LogP) is 2.28. The van der Waals surface area contributed by atoms with Crippen LogP contribution in [0.4, 0.5) is 5.69 Å². The fraction of sp³-hybridized carbons (Fsp3) is 0.414. The van der Waals surface area contributed by atoms with E-state index in [0.29, 0.717) is 49.4 Å². The van der Waals surface area contributed by atoms with Crippen molar-refractivity contribution in [3.05, 3.63) is 64.7 Å². The number of carbonyl (C=O) groups excluding carboxylic acids is 3. The van der Waals surface area contributed by atoms with E-state index in [4.69, 9.17) is 9.47 Å². The standard InChI is InChI=1S/C29H31N3O6/c1-18-16-20-17-19(8-9-23(20)38-18)25(33)24-26(34)27(35)32(11-5-10-31-12-14-37-15-13-31)29(24)21-6-3-4-7-22(21)30(2)28(29)36/h3-4,6-9,17-18,33H,5,10-16H2,1-2H3/t18-,29-/m1/s1. The smallest absolute Gasteiger partial charge is 0.296 e. The number of aliphatic hydroxyl groups excluding tert-OH is 1. The summed E-state index contributed by atoms with van der Waals surface area (Å²) in [6.07, 6.45) is 1.25. The Bertz CT molecular complexity index is 1360. The van der Waals surface area contributed by atoms with E-state index < -0.39 is 23.1 Å². The molecule has 2 saturated heterocycles. The van der Waals surface area contributed by atoms with Crippen LogP contribution in [0.2, 0.25) is 0 Å². The summed E-state index contributed by atoms with van der Waals surface area (Å²) in [6, 6.07) is 12.4. The minimum Gasteiger partial charge on any atom is -0.507 e. The summed E-state index contributed by atoms with van der Waals surface area (Å²) in [4.78, 5) is 46.5. The number of aliphatic hydroxyl groups is 1. The summed E-state index contributed by atoms with van der Waals surface area (Å²) >= 11 is 0. The van der Waals surface area contributed by atoms with Crippen molar-refractivity contribution in [2.45, 2.75) is 31.4 Å². The van der Waals surface area contributed by atoms with Crippen LogP contribution in [-0.2, 0) is 31.1 Å². The lowest BCUT2D eigenvalue weighted by Gasteiger charge is -2.35. The van der Waals surface area contributed by atoms with Crippen molar-refractivity contribution in [3.8, 4) is 5.75 Å². The number of nitrogens with zero attached hydrogens (tertiary/aromatic N) is 3. The minimum absolute atomic E-state index is 0.00923. The van der Waals surface area contributed by atoms with E-state index in [0.717, 1.165) is 24.4 Å². The molecule has 1 N–H and O–H groups in total.